The number of rotatable bonds is 10. The van der Waals surface area contributed by atoms with E-state index in [1.165, 1.54) is 55.8 Å². The largest absolute Gasteiger partial charge is 0.497 e. The van der Waals surface area contributed by atoms with E-state index in [0.717, 1.165) is 6.07 Å². The minimum absolute atomic E-state index is 0.0475. The van der Waals surface area contributed by atoms with Crippen LogP contribution in [0.3, 0.4) is 0 Å². The molecule has 2 N–H and O–H groups in total. The van der Waals surface area contributed by atoms with Crippen molar-refractivity contribution in [1.29, 1.82) is 0 Å². The highest BCUT2D eigenvalue weighted by atomic mass is 32.2. The average Bonchev–Trinajstić information content (AvgIpc) is 2.84. The molecule has 0 radical (unpaired) electrons. The summed E-state index contributed by atoms with van der Waals surface area (Å²) < 4.78 is 32.7. The molecular weight excluding hydrogens is 478 g/mol. The van der Waals surface area contributed by atoms with E-state index < -0.39 is 25.6 Å². The van der Waals surface area contributed by atoms with Gasteiger partial charge in [-0.05, 0) is 54.6 Å². The molecule has 0 amide bonds. The standard InChI is InChI=1S/C22H19N5O7S/c1-34-18-10-8-17(9-11-18)25-35(32,33)19-12-13-20(22(15-19)27(30)31)24-23-14-4-6-16-5-2-3-7-21(16)26(28)29/h2-15,24-25H,1H3. The summed E-state index contributed by atoms with van der Waals surface area (Å²) in [6.45, 7) is 0. The number of hydrogen-bond acceptors (Lipinski definition) is 9. The van der Waals surface area contributed by atoms with Crippen molar-refractivity contribution < 1.29 is 23.0 Å². The zero-order valence-corrected chi connectivity index (χ0v) is 19.0. The Morgan fingerprint density at radius 1 is 0.943 bits per heavy atom. The predicted octanol–water partition coefficient (Wildman–Crippen LogP) is 4.42. The van der Waals surface area contributed by atoms with Crippen LogP contribution in [-0.4, -0.2) is 31.6 Å². The maximum absolute atomic E-state index is 12.7. The van der Waals surface area contributed by atoms with Gasteiger partial charge in [0, 0.05) is 24.0 Å². The molecule has 180 valence electrons. The number of methoxy groups -OCH3 is 1. The second-order valence-electron chi connectivity index (χ2n) is 6.84. The Labute approximate surface area is 199 Å². The quantitative estimate of drug-likeness (QED) is 0.236. The maximum atomic E-state index is 12.7. The van der Waals surface area contributed by atoms with E-state index in [4.69, 9.17) is 4.74 Å². The summed E-state index contributed by atoms with van der Waals surface area (Å²) in [5.74, 6) is 0.538. The lowest BCUT2D eigenvalue weighted by molar-refractivity contribution is -0.385. The molecule has 0 saturated heterocycles. The molecule has 35 heavy (non-hydrogen) atoms. The number of benzene rings is 3. The number of sulfonamides is 1. The predicted molar refractivity (Wildman–Crippen MR) is 131 cm³/mol. The molecule has 0 aliphatic carbocycles. The minimum Gasteiger partial charge on any atom is -0.497 e. The van der Waals surface area contributed by atoms with Crippen LogP contribution < -0.4 is 14.9 Å². The number of hydrogen-bond donors (Lipinski definition) is 2. The third kappa shape index (κ3) is 6.39. The van der Waals surface area contributed by atoms with Gasteiger partial charge in [-0.1, -0.05) is 12.1 Å². The molecule has 0 atom stereocenters. The lowest BCUT2D eigenvalue weighted by atomic mass is 10.2. The van der Waals surface area contributed by atoms with E-state index in [1.807, 2.05) is 0 Å². The van der Waals surface area contributed by atoms with E-state index in [-0.39, 0.29) is 22.0 Å². The van der Waals surface area contributed by atoms with Crippen molar-refractivity contribution in [3.63, 3.8) is 0 Å². The molecule has 0 aromatic heterocycles. The Morgan fingerprint density at radius 3 is 2.29 bits per heavy atom. The molecule has 0 heterocycles. The van der Waals surface area contributed by atoms with Gasteiger partial charge in [-0.3, -0.25) is 30.4 Å². The summed E-state index contributed by atoms with van der Waals surface area (Å²) >= 11 is 0. The fraction of sp³-hybridized carbons (Fsp3) is 0.0455. The summed E-state index contributed by atoms with van der Waals surface area (Å²) in [5.41, 5.74) is 2.44. The van der Waals surface area contributed by atoms with Gasteiger partial charge < -0.3 is 4.74 Å². The van der Waals surface area contributed by atoms with Crippen LogP contribution in [0, 0.1) is 20.2 Å². The highest BCUT2D eigenvalue weighted by Crippen LogP contribution is 2.29. The van der Waals surface area contributed by atoms with Gasteiger partial charge in [-0.25, -0.2) is 8.42 Å². The first kappa shape index (κ1) is 24.9. The first-order chi connectivity index (χ1) is 16.7. The number of nitrogens with one attached hydrogen (secondary N) is 2. The maximum Gasteiger partial charge on any atom is 0.295 e. The molecule has 3 aromatic rings. The molecular formula is C22H19N5O7S. The van der Waals surface area contributed by atoms with Crippen molar-refractivity contribution in [3.8, 4) is 5.75 Å². The molecule has 0 saturated carbocycles. The lowest BCUT2D eigenvalue weighted by Gasteiger charge is -2.10. The van der Waals surface area contributed by atoms with Gasteiger partial charge in [0.1, 0.15) is 11.4 Å². The van der Waals surface area contributed by atoms with Crippen LogP contribution >= 0.6 is 0 Å². The molecule has 0 unspecified atom stereocenters. The van der Waals surface area contributed by atoms with Gasteiger partial charge in [-0.15, -0.1) is 0 Å². The molecule has 3 aromatic carbocycles. The number of para-hydroxylation sites is 1. The number of hydrazone groups is 1. The Bertz CT molecular complexity index is 1400. The normalized spacial score (nSPS) is 11.5. The summed E-state index contributed by atoms with van der Waals surface area (Å²) in [7, 11) is -2.63. The summed E-state index contributed by atoms with van der Waals surface area (Å²) in [4.78, 5) is 21.0. The topological polar surface area (TPSA) is 166 Å². The molecule has 0 fully saturated rings. The Morgan fingerprint density at radius 2 is 1.63 bits per heavy atom. The van der Waals surface area contributed by atoms with Gasteiger partial charge >= 0.3 is 0 Å². The van der Waals surface area contributed by atoms with Crippen LogP contribution in [0.1, 0.15) is 5.56 Å². The number of nitrogens with zero attached hydrogens (tertiary/aromatic N) is 3. The van der Waals surface area contributed by atoms with Crippen LogP contribution in [0.25, 0.3) is 6.08 Å². The van der Waals surface area contributed by atoms with Gasteiger partial charge in [-0.2, -0.15) is 5.10 Å². The second kappa shape index (κ2) is 10.9. The van der Waals surface area contributed by atoms with Crippen molar-refractivity contribution in [2.75, 3.05) is 17.3 Å². The van der Waals surface area contributed by atoms with E-state index in [2.05, 4.69) is 15.2 Å². The minimum atomic E-state index is -4.10. The molecule has 0 bridgehead atoms. The van der Waals surface area contributed by atoms with E-state index in [1.54, 1.807) is 30.3 Å². The Kier molecular flexibility index (Phi) is 7.74. The van der Waals surface area contributed by atoms with Gasteiger partial charge in [0.05, 0.1) is 27.4 Å². The third-order valence-electron chi connectivity index (χ3n) is 4.57. The van der Waals surface area contributed by atoms with Crippen molar-refractivity contribution in [2.24, 2.45) is 5.10 Å². The van der Waals surface area contributed by atoms with Crippen LogP contribution in [0.15, 0.2) is 82.8 Å². The highest BCUT2D eigenvalue weighted by molar-refractivity contribution is 7.92. The van der Waals surface area contributed by atoms with E-state index in [9.17, 15) is 28.6 Å². The van der Waals surface area contributed by atoms with Crippen molar-refractivity contribution >= 4 is 45.1 Å². The molecule has 0 spiro atoms. The number of ether oxygens (including phenoxy) is 1. The SMILES string of the molecule is COc1ccc(NS(=O)(=O)c2ccc(NN=CC=Cc3ccccc3[N+](=O)[O-])c([N+](=O)[O-])c2)cc1. The van der Waals surface area contributed by atoms with Gasteiger partial charge in [0.25, 0.3) is 21.4 Å². The van der Waals surface area contributed by atoms with E-state index >= 15 is 0 Å². The van der Waals surface area contributed by atoms with Crippen molar-refractivity contribution in [2.45, 2.75) is 4.90 Å². The van der Waals surface area contributed by atoms with Crippen molar-refractivity contribution in [3.05, 3.63) is 98.6 Å². The van der Waals surface area contributed by atoms with Gasteiger partial charge in [0.2, 0.25) is 0 Å². The molecule has 0 aliphatic heterocycles. The van der Waals surface area contributed by atoms with Crippen LogP contribution in [0.2, 0.25) is 0 Å². The molecule has 3 rings (SSSR count). The first-order valence-corrected chi connectivity index (χ1v) is 11.3. The van der Waals surface area contributed by atoms with Gasteiger partial charge in [0.15, 0.2) is 0 Å². The summed E-state index contributed by atoms with van der Waals surface area (Å²) in [6.07, 6.45) is 4.12. The number of nitro groups is 2. The lowest BCUT2D eigenvalue weighted by Crippen LogP contribution is -2.13. The Balaban J connectivity index is 1.75. The smallest absolute Gasteiger partial charge is 0.295 e. The summed E-state index contributed by atoms with van der Waals surface area (Å²) in [6, 6.07) is 15.5. The highest BCUT2D eigenvalue weighted by Gasteiger charge is 2.21. The van der Waals surface area contributed by atoms with E-state index in [0.29, 0.717) is 11.3 Å². The van der Waals surface area contributed by atoms with Crippen molar-refractivity contribution in [1.82, 2.24) is 0 Å². The molecule has 0 aliphatic rings. The zero-order chi connectivity index (χ0) is 25.4. The van der Waals surface area contributed by atoms with Crippen LogP contribution in [-0.2, 0) is 10.0 Å². The first-order valence-electron chi connectivity index (χ1n) is 9.86. The Hall–Kier alpha value is -4.78. The van der Waals surface area contributed by atoms with Crippen LogP contribution in [0.5, 0.6) is 5.75 Å². The second-order valence-corrected chi connectivity index (χ2v) is 8.52. The molecule has 13 heteroatoms. The average molecular weight is 497 g/mol. The van der Waals surface area contributed by atoms with Crippen LogP contribution in [0.4, 0.5) is 22.7 Å². The number of anilines is 2. The molecule has 12 nitrogen and oxygen atoms in total. The zero-order valence-electron chi connectivity index (χ0n) is 18.2. The summed E-state index contributed by atoms with van der Waals surface area (Å²) in [5, 5.41) is 26.4. The third-order valence-corrected chi connectivity index (χ3v) is 5.95. The fourth-order valence-electron chi connectivity index (χ4n) is 2.89. The monoisotopic (exact) mass is 497 g/mol. The fourth-order valence-corrected chi connectivity index (χ4v) is 3.97. The number of nitro benzene ring substituents is 2. The number of allylic oxidation sites excluding steroid dienone is 1.